The molecule has 1 N–H and O–H groups in total. The standard InChI is InChI=1S/C23H26N2O5/c1-25-17(11-15-18(27-2)8-9-19(28-3)22(15)25)23(26)24-16-7-6-13-10-20(29-4)21(30-5)12-14(13)16/h8-12,16H,6-7H2,1-5H3,(H,24,26)/t16-/m0/s1. The van der Waals surface area contributed by atoms with Gasteiger partial charge in [0.05, 0.1) is 40.0 Å². The first-order valence-corrected chi connectivity index (χ1v) is 9.78. The average Bonchev–Trinajstić information content (AvgIpc) is 3.32. The lowest BCUT2D eigenvalue weighted by atomic mass is 10.1. The minimum absolute atomic E-state index is 0.0888. The Morgan fingerprint density at radius 3 is 2.23 bits per heavy atom. The summed E-state index contributed by atoms with van der Waals surface area (Å²) in [7, 11) is 8.33. The summed E-state index contributed by atoms with van der Waals surface area (Å²) in [5, 5.41) is 4.01. The first kappa shape index (κ1) is 19.9. The Balaban J connectivity index is 1.68. The third kappa shape index (κ3) is 3.10. The van der Waals surface area contributed by atoms with Gasteiger partial charge >= 0.3 is 0 Å². The van der Waals surface area contributed by atoms with Gasteiger partial charge in [-0.3, -0.25) is 4.79 Å². The molecule has 0 aliphatic heterocycles. The maximum absolute atomic E-state index is 13.2. The summed E-state index contributed by atoms with van der Waals surface area (Å²) in [5.74, 6) is 2.61. The number of benzene rings is 2. The molecule has 0 saturated heterocycles. The first-order valence-electron chi connectivity index (χ1n) is 9.78. The van der Waals surface area contributed by atoms with Gasteiger partial charge in [-0.25, -0.2) is 0 Å². The van der Waals surface area contributed by atoms with E-state index in [1.54, 1.807) is 28.4 Å². The third-order valence-corrected chi connectivity index (χ3v) is 5.82. The summed E-state index contributed by atoms with van der Waals surface area (Å²) >= 11 is 0. The Morgan fingerprint density at radius 2 is 1.57 bits per heavy atom. The highest BCUT2D eigenvalue weighted by Crippen LogP contribution is 2.40. The van der Waals surface area contributed by atoms with E-state index in [2.05, 4.69) is 5.32 Å². The predicted molar refractivity (Wildman–Crippen MR) is 114 cm³/mol. The smallest absolute Gasteiger partial charge is 0.268 e. The molecule has 158 valence electrons. The maximum Gasteiger partial charge on any atom is 0.268 e. The molecular weight excluding hydrogens is 384 g/mol. The molecule has 1 amide bonds. The summed E-state index contributed by atoms with van der Waals surface area (Å²) < 4.78 is 23.7. The van der Waals surface area contributed by atoms with Gasteiger partial charge in [0.15, 0.2) is 11.5 Å². The van der Waals surface area contributed by atoms with Crippen LogP contribution in [0.1, 0.15) is 34.1 Å². The molecule has 1 aliphatic rings. The predicted octanol–water partition coefficient (Wildman–Crippen LogP) is 3.63. The molecule has 0 fully saturated rings. The maximum atomic E-state index is 13.2. The molecule has 7 heteroatoms. The minimum atomic E-state index is -0.148. The number of aromatic nitrogens is 1. The van der Waals surface area contributed by atoms with E-state index in [0.29, 0.717) is 28.7 Å². The monoisotopic (exact) mass is 410 g/mol. The molecule has 4 rings (SSSR count). The Morgan fingerprint density at radius 1 is 0.933 bits per heavy atom. The van der Waals surface area contributed by atoms with E-state index >= 15 is 0 Å². The quantitative estimate of drug-likeness (QED) is 0.672. The number of rotatable bonds is 6. The van der Waals surface area contributed by atoms with Gasteiger partial charge in [-0.2, -0.15) is 0 Å². The van der Waals surface area contributed by atoms with Crippen LogP contribution in [0.4, 0.5) is 0 Å². The molecule has 1 atom stereocenters. The number of aryl methyl sites for hydroxylation is 2. The number of hydrogen-bond donors (Lipinski definition) is 1. The van der Waals surface area contributed by atoms with Crippen molar-refractivity contribution < 1.29 is 23.7 Å². The third-order valence-electron chi connectivity index (χ3n) is 5.82. The van der Waals surface area contributed by atoms with Crippen molar-refractivity contribution in [2.45, 2.75) is 18.9 Å². The molecule has 3 aromatic rings. The van der Waals surface area contributed by atoms with Crippen LogP contribution in [0.3, 0.4) is 0 Å². The summed E-state index contributed by atoms with van der Waals surface area (Å²) in [6.45, 7) is 0. The van der Waals surface area contributed by atoms with E-state index in [4.69, 9.17) is 18.9 Å². The van der Waals surface area contributed by atoms with Crippen molar-refractivity contribution in [1.29, 1.82) is 0 Å². The van der Waals surface area contributed by atoms with Gasteiger partial charge in [0.25, 0.3) is 5.91 Å². The van der Waals surface area contributed by atoms with Gasteiger partial charge in [0, 0.05) is 12.4 Å². The van der Waals surface area contributed by atoms with Crippen LogP contribution in [0.2, 0.25) is 0 Å². The molecule has 0 unspecified atom stereocenters. The van der Waals surface area contributed by atoms with Crippen molar-refractivity contribution in [3.8, 4) is 23.0 Å². The van der Waals surface area contributed by atoms with Crippen molar-refractivity contribution in [1.82, 2.24) is 9.88 Å². The second kappa shape index (κ2) is 7.82. The SMILES string of the molecule is COc1cc2c(cc1OC)[C@@H](NC(=O)c1cc3c(OC)ccc(OC)c3n1C)CC2. The van der Waals surface area contributed by atoms with Gasteiger partial charge in [0.2, 0.25) is 0 Å². The summed E-state index contributed by atoms with van der Waals surface area (Å²) in [4.78, 5) is 13.2. The number of fused-ring (bicyclic) bond motifs is 2. The van der Waals surface area contributed by atoms with Crippen LogP contribution in [0, 0.1) is 0 Å². The summed E-state index contributed by atoms with van der Waals surface area (Å²) in [6, 6.07) is 9.39. The van der Waals surface area contributed by atoms with Crippen LogP contribution in [0.15, 0.2) is 30.3 Å². The molecule has 0 saturated carbocycles. The number of nitrogens with one attached hydrogen (secondary N) is 1. The minimum Gasteiger partial charge on any atom is -0.496 e. The first-order chi connectivity index (χ1) is 14.5. The van der Waals surface area contributed by atoms with Crippen molar-refractivity contribution in [3.05, 3.63) is 47.2 Å². The second-order valence-electron chi connectivity index (χ2n) is 7.29. The number of carbonyl (C=O) groups is 1. The number of ether oxygens (including phenoxy) is 4. The Labute approximate surface area is 175 Å². The molecule has 0 spiro atoms. The Kier molecular flexibility index (Phi) is 5.20. The summed E-state index contributed by atoms with van der Waals surface area (Å²) in [6.07, 6.45) is 1.70. The number of hydrogen-bond acceptors (Lipinski definition) is 5. The van der Waals surface area contributed by atoms with E-state index in [1.807, 2.05) is 41.9 Å². The van der Waals surface area contributed by atoms with Crippen molar-refractivity contribution in [3.63, 3.8) is 0 Å². The van der Waals surface area contributed by atoms with Crippen LogP contribution >= 0.6 is 0 Å². The van der Waals surface area contributed by atoms with Crippen molar-refractivity contribution in [2.75, 3.05) is 28.4 Å². The average molecular weight is 410 g/mol. The number of methoxy groups -OCH3 is 4. The van der Waals surface area contributed by atoms with Gasteiger partial charge in [0.1, 0.15) is 17.2 Å². The van der Waals surface area contributed by atoms with Gasteiger partial charge in [-0.05, 0) is 54.3 Å². The van der Waals surface area contributed by atoms with Crippen molar-refractivity contribution >= 4 is 16.8 Å². The molecule has 2 aromatic carbocycles. The molecule has 7 nitrogen and oxygen atoms in total. The van der Waals surface area contributed by atoms with Crippen molar-refractivity contribution in [2.24, 2.45) is 7.05 Å². The van der Waals surface area contributed by atoms with Crippen LogP contribution in [0.25, 0.3) is 10.9 Å². The van der Waals surface area contributed by atoms with E-state index in [9.17, 15) is 4.79 Å². The van der Waals surface area contributed by atoms with Crippen LogP contribution in [-0.2, 0) is 13.5 Å². The zero-order valence-electron chi connectivity index (χ0n) is 17.9. The number of amides is 1. The Bertz CT molecular complexity index is 1120. The van der Waals surface area contributed by atoms with E-state index in [-0.39, 0.29) is 11.9 Å². The molecule has 1 aliphatic carbocycles. The summed E-state index contributed by atoms with van der Waals surface area (Å²) in [5.41, 5.74) is 3.59. The lowest BCUT2D eigenvalue weighted by Crippen LogP contribution is -2.28. The lowest BCUT2D eigenvalue weighted by Gasteiger charge is -2.16. The highest BCUT2D eigenvalue weighted by molar-refractivity contribution is 6.02. The highest BCUT2D eigenvalue weighted by Gasteiger charge is 2.28. The molecule has 0 radical (unpaired) electrons. The molecule has 1 heterocycles. The molecule has 30 heavy (non-hydrogen) atoms. The zero-order chi connectivity index (χ0) is 21.4. The lowest BCUT2D eigenvalue weighted by molar-refractivity contribution is 0.0929. The topological polar surface area (TPSA) is 71.0 Å². The van der Waals surface area contributed by atoms with E-state index in [1.165, 1.54) is 5.56 Å². The largest absolute Gasteiger partial charge is 0.496 e. The number of nitrogens with zero attached hydrogens (tertiary/aromatic N) is 1. The molecule has 0 bridgehead atoms. The normalized spacial score (nSPS) is 15.0. The van der Waals surface area contributed by atoms with E-state index < -0.39 is 0 Å². The molecular formula is C23H26N2O5. The van der Waals surface area contributed by atoms with Crippen LogP contribution in [0.5, 0.6) is 23.0 Å². The fourth-order valence-corrected chi connectivity index (χ4v) is 4.28. The Hall–Kier alpha value is -3.35. The molecule has 1 aromatic heterocycles. The zero-order valence-corrected chi connectivity index (χ0v) is 17.9. The fourth-order valence-electron chi connectivity index (χ4n) is 4.28. The second-order valence-corrected chi connectivity index (χ2v) is 7.29. The number of carbonyl (C=O) groups excluding carboxylic acids is 1. The van der Waals surface area contributed by atoms with Gasteiger partial charge in [-0.15, -0.1) is 0 Å². The fraction of sp³-hybridized carbons (Fsp3) is 0.348. The van der Waals surface area contributed by atoms with Gasteiger partial charge in [-0.1, -0.05) is 0 Å². The van der Waals surface area contributed by atoms with Gasteiger partial charge < -0.3 is 28.8 Å². The van der Waals surface area contributed by atoms with Crippen LogP contribution < -0.4 is 24.3 Å². The van der Waals surface area contributed by atoms with Crippen LogP contribution in [-0.4, -0.2) is 38.9 Å². The van der Waals surface area contributed by atoms with E-state index in [0.717, 1.165) is 29.3 Å². The highest BCUT2D eigenvalue weighted by atomic mass is 16.5.